The van der Waals surface area contributed by atoms with Gasteiger partial charge in [-0.1, -0.05) is 18.2 Å². The van der Waals surface area contributed by atoms with E-state index in [9.17, 15) is 4.79 Å². The second kappa shape index (κ2) is 5.55. The summed E-state index contributed by atoms with van der Waals surface area (Å²) in [7, 11) is 0. The molecule has 6 heteroatoms. The number of aromatic nitrogens is 3. The summed E-state index contributed by atoms with van der Waals surface area (Å²) >= 11 is 0. The van der Waals surface area contributed by atoms with Crippen molar-refractivity contribution >= 4 is 16.8 Å². The lowest BCUT2D eigenvalue weighted by Crippen LogP contribution is -2.25. The molecule has 0 spiro atoms. The van der Waals surface area contributed by atoms with Crippen LogP contribution in [-0.2, 0) is 11.2 Å². The number of rotatable bonds is 6. The molecule has 1 aliphatic carbocycles. The van der Waals surface area contributed by atoms with Gasteiger partial charge in [0.2, 0.25) is 5.91 Å². The molecule has 3 atom stereocenters. The lowest BCUT2D eigenvalue weighted by molar-refractivity contribution is -0.119. The molecule has 2 aromatic heterocycles. The maximum Gasteiger partial charge on any atom is 0.222 e. The second-order valence-corrected chi connectivity index (χ2v) is 6.05. The number of hydrogen-bond acceptors (Lipinski definition) is 3. The number of aromatic amines is 2. The van der Waals surface area contributed by atoms with Crippen LogP contribution in [0.4, 0.5) is 0 Å². The molecule has 0 aliphatic heterocycles. The lowest BCUT2D eigenvalue weighted by Gasteiger charge is -2.03. The molecule has 2 heterocycles. The molecule has 118 valence electrons. The number of amides is 1. The Labute approximate surface area is 133 Å². The van der Waals surface area contributed by atoms with Crippen molar-refractivity contribution in [3.8, 4) is 0 Å². The molecule has 0 radical (unpaired) electrons. The minimum absolute atomic E-state index is 0.0955. The Hall–Kier alpha value is -2.60. The first-order valence-corrected chi connectivity index (χ1v) is 7.81. The zero-order valence-electron chi connectivity index (χ0n) is 12.6. The van der Waals surface area contributed by atoms with Crippen LogP contribution >= 0.6 is 0 Å². The number of carbonyl (C=O) groups is 1. The molecule has 3 aromatic rings. The summed E-state index contributed by atoms with van der Waals surface area (Å²) in [5.74, 6) is -0.300. The average molecular weight is 309 g/mol. The summed E-state index contributed by atoms with van der Waals surface area (Å²) in [6.45, 7) is 0.806. The molecule has 0 saturated heterocycles. The van der Waals surface area contributed by atoms with E-state index in [-0.39, 0.29) is 23.8 Å². The highest BCUT2D eigenvalue weighted by molar-refractivity contribution is 5.83. The molecular formula is C17H19N5O. The average Bonchev–Trinajstić information content (AvgIpc) is 2.91. The van der Waals surface area contributed by atoms with Crippen molar-refractivity contribution in [1.82, 2.24) is 20.3 Å². The van der Waals surface area contributed by atoms with E-state index in [0.29, 0.717) is 0 Å². The number of benzene rings is 1. The fourth-order valence-corrected chi connectivity index (χ4v) is 3.47. The second-order valence-electron chi connectivity index (χ2n) is 6.05. The summed E-state index contributed by atoms with van der Waals surface area (Å²) in [5.41, 5.74) is 8.91. The largest absolute Gasteiger partial charge is 0.369 e. The maximum atomic E-state index is 11.6. The Kier molecular flexibility index (Phi) is 3.38. The predicted molar refractivity (Wildman–Crippen MR) is 87.8 cm³/mol. The summed E-state index contributed by atoms with van der Waals surface area (Å²) in [4.78, 5) is 22.0. The third-order valence-electron chi connectivity index (χ3n) is 4.68. The van der Waals surface area contributed by atoms with E-state index in [4.69, 9.17) is 5.73 Å². The van der Waals surface area contributed by atoms with Gasteiger partial charge in [0.15, 0.2) is 0 Å². The van der Waals surface area contributed by atoms with Gasteiger partial charge in [0.25, 0.3) is 0 Å². The summed E-state index contributed by atoms with van der Waals surface area (Å²) < 4.78 is 0. The van der Waals surface area contributed by atoms with Gasteiger partial charge < -0.3 is 21.0 Å². The number of carbonyl (C=O) groups excluding carboxylic acids is 1. The van der Waals surface area contributed by atoms with Crippen molar-refractivity contribution in [3.05, 3.63) is 54.2 Å². The molecule has 0 bridgehead atoms. The Balaban J connectivity index is 1.40. The maximum absolute atomic E-state index is 11.6. The number of fused-ring (bicyclic) bond motifs is 1. The van der Waals surface area contributed by atoms with Gasteiger partial charge in [0.1, 0.15) is 0 Å². The fraction of sp³-hybridized carbons (Fsp3) is 0.294. The first kappa shape index (κ1) is 14.0. The van der Waals surface area contributed by atoms with Gasteiger partial charge in [-0.15, -0.1) is 0 Å². The van der Waals surface area contributed by atoms with Gasteiger partial charge in [-0.25, -0.2) is 4.98 Å². The van der Waals surface area contributed by atoms with Gasteiger partial charge in [0.05, 0.1) is 12.2 Å². The van der Waals surface area contributed by atoms with Crippen molar-refractivity contribution < 1.29 is 4.79 Å². The van der Waals surface area contributed by atoms with E-state index in [0.717, 1.165) is 24.2 Å². The van der Waals surface area contributed by atoms with Gasteiger partial charge in [-0.2, -0.15) is 0 Å². The SMILES string of the molecule is NC(=O)[C@@H]1C(NCCc2c[nH]c3ccccc23)[C@H]1c1cnc[nH]1. The Morgan fingerprint density at radius 1 is 1.30 bits per heavy atom. The van der Waals surface area contributed by atoms with Crippen LogP contribution < -0.4 is 11.1 Å². The van der Waals surface area contributed by atoms with E-state index < -0.39 is 0 Å². The van der Waals surface area contributed by atoms with Crippen LogP contribution in [0.25, 0.3) is 10.9 Å². The number of hydrogen-bond donors (Lipinski definition) is 4. The topological polar surface area (TPSA) is 99.6 Å². The summed E-state index contributed by atoms with van der Waals surface area (Å²) in [6.07, 6.45) is 6.36. The molecule has 1 unspecified atom stereocenters. The molecule has 1 aromatic carbocycles. The predicted octanol–water partition coefficient (Wildman–Crippen LogP) is 1.29. The van der Waals surface area contributed by atoms with Crippen LogP contribution in [0.3, 0.4) is 0 Å². The van der Waals surface area contributed by atoms with Crippen molar-refractivity contribution in [1.29, 1.82) is 0 Å². The van der Waals surface area contributed by atoms with E-state index in [1.807, 2.05) is 12.1 Å². The lowest BCUT2D eigenvalue weighted by atomic mass is 10.1. The minimum atomic E-state index is -0.255. The smallest absolute Gasteiger partial charge is 0.222 e. The number of primary amides is 1. The molecule has 23 heavy (non-hydrogen) atoms. The zero-order chi connectivity index (χ0) is 15.8. The van der Waals surface area contributed by atoms with E-state index >= 15 is 0 Å². The third-order valence-corrected chi connectivity index (χ3v) is 4.68. The highest BCUT2D eigenvalue weighted by Gasteiger charge is 2.55. The van der Waals surface area contributed by atoms with E-state index in [1.54, 1.807) is 12.5 Å². The van der Waals surface area contributed by atoms with Crippen LogP contribution in [0.5, 0.6) is 0 Å². The molecular weight excluding hydrogens is 290 g/mol. The number of imidazole rings is 1. The van der Waals surface area contributed by atoms with E-state index in [2.05, 4.69) is 38.6 Å². The van der Waals surface area contributed by atoms with Crippen LogP contribution in [0.1, 0.15) is 17.2 Å². The minimum Gasteiger partial charge on any atom is -0.369 e. The van der Waals surface area contributed by atoms with Gasteiger partial charge >= 0.3 is 0 Å². The molecule has 4 rings (SSSR count). The highest BCUT2D eigenvalue weighted by atomic mass is 16.1. The molecule has 5 N–H and O–H groups in total. The molecule has 6 nitrogen and oxygen atoms in total. The quantitative estimate of drug-likeness (QED) is 0.552. The van der Waals surface area contributed by atoms with Crippen molar-refractivity contribution in [2.45, 2.75) is 18.4 Å². The van der Waals surface area contributed by atoms with Gasteiger partial charge in [-0.3, -0.25) is 4.79 Å². The Bertz CT molecular complexity index is 823. The van der Waals surface area contributed by atoms with Gasteiger partial charge in [-0.05, 0) is 24.6 Å². The number of nitrogens with one attached hydrogen (secondary N) is 3. The summed E-state index contributed by atoms with van der Waals surface area (Å²) in [6, 6.07) is 8.36. The molecule has 1 fully saturated rings. The van der Waals surface area contributed by atoms with Crippen LogP contribution in [0, 0.1) is 5.92 Å². The zero-order valence-corrected chi connectivity index (χ0v) is 12.6. The normalized spacial score (nSPS) is 23.2. The first-order chi connectivity index (χ1) is 11.3. The van der Waals surface area contributed by atoms with E-state index in [1.165, 1.54) is 10.9 Å². The van der Waals surface area contributed by atoms with Crippen molar-refractivity contribution in [2.24, 2.45) is 11.7 Å². The number of nitrogens with zero attached hydrogens (tertiary/aromatic N) is 1. The van der Waals surface area contributed by atoms with Crippen LogP contribution in [0.2, 0.25) is 0 Å². The molecule has 1 amide bonds. The van der Waals surface area contributed by atoms with Crippen LogP contribution in [-0.4, -0.2) is 33.4 Å². The molecule has 1 saturated carbocycles. The Morgan fingerprint density at radius 3 is 2.96 bits per heavy atom. The monoisotopic (exact) mass is 309 g/mol. The number of nitrogens with two attached hydrogens (primary N) is 1. The van der Waals surface area contributed by atoms with Crippen LogP contribution in [0.15, 0.2) is 43.0 Å². The first-order valence-electron chi connectivity index (χ1n) is 7.81. The number of H-pyrrole nitrogens is 2. The third kappa shape index (κ3) is 2.51. The Morgan fingerprint density at radius 2 is 2.17 bits per heavy atom. The van der Waals surface area contributed by atoms with Crippen molar-refractivity contribution in [2.75, 3.05) is 6.54 Å². The van der Waals surface area contributed by atoms with Gasteiger partial charge in [0, 0.05) is 41.0 Å². The fourth-order valence-electron chi connectivity index (χ4n) is 3.47. The summed E-state index contributed by atoms with van der Waals surface area (Å²) in [5, 5.41) is 4.72. The van der Waals surface area contributed by atoms with Crippen molar-refractivity contribution in [3.63, 3.8) is 0 Å². The standard InChI is InChI=1S/C17H19N5O/c18-17(23)15-14(13-8-19-9-22-13)16(15)20-6-5-10-7-21-12-4-2-1-3-11(10)12/h1-4,7-9,14-16,20-21H,5-6H2,(H2,18,23)(H,19,22)/t14-,15-,16?/m0/s1. The number of para-hydroxylation sites is 1. The molecule has 1 aliphatic rings. The highest BCUT2D eigenvalue weighted by Crippen LogP contribution is 2.46.